The molecule has 0 aromatic heterocycles. The zero-order valence-electron chi connectivity index (χ0n) is 12.2. The normalized spacial score (nSPS) is 10.7. The van der Waals surface area contributed by atoms with Crippen LogP contribution in [0.1, 0.15) is 27.7 Å². The van der Waals surface area contributed by atoms with E-state index in [1.807, 2.05) is 0 Å². The molecule has 0 aliphatic carbocycles. The molecule has 0 radical (unpaired) electrons. The highest BCUT2D eigenvalue weighted by Gasteiger charge is 2.05. The van der Waals surface area contributed by atoms with Gasteiger partial charge in [0.05, 0.1) is 18.8 Å². The molecule has 0 atom stereocenters. The lowest BCUT2D eigenvalue weighted by atomic mass is 10.4. The maximum absolute atomic E-state index is 11.2. The summed E-state index contributed by atoms with van der Waals surface area (Å²) in [5.41, 5.74) is 0. The van der Waals surface area contributed by atoms with Crippen LogP contribution < -0.4 is 5.32 Å². The van der Waals surface area contributed by atoms with Gasteiger partial charge in [-0.05, 0) is 27.7 Å². The van der Waals surface area contributed by atoms with Crippen LogP contribution in [0.4, 0.5) is 4.79 Å². The number of carbonyl (C=O) groups is 3. The molecule has 0 spiro atoms. The molecule has 0 bridgehead atoms. The minimum Gasteiger partial charge on any atom is -0.461 e. The summed E-state index contributed by atoms with van der Waals surface area (Å²) in [7, 11) is 0. The van der Waals surface area contributed by atoms with Gasteiger partial charge >= 0.3 is 18.0 Å². The molecule has 1 N–H and O–H groups in total. The SMILES string of the molecule is CC(C)OC(=O)/C=C/C(=O)OCCNC(=O)OC(C)C. The van der Waals surface area contributed by atoms with Crippen LogP contribution in [-0.4, -0.2) is 43.4 Å². The Kier molecular flexibility index (Phi) is 8.82. The second-order valence-electron chi connectivity index (χ2n) is 4.37. The Morgan fingerprint density at radius 2 is 1.50 bits per heavy atom. The Balaban J connectivity index is 3.76. The molecule has 7 nitrogen and oxygen atoms in total. The van der Waals surface area contributed by atoms with E-state index in [0.717, 1.165) is 12.2 Å². The van der Waals surface area contributed by atoms with E-state index in [4.69, 9.17) is 14.2 Å². The summed E-state index contributed by atoms with van der Waals surface area (Å²) in [4.78, 5) is 33.4. The highest BCUT2D eigenvalue weighted by atomic mass is 16.6. The molecule has 0 aliphatic heterocycles. The third-order valence-electron chi connectivity index (χ3n) is 1.67. The largest absolute Gasteiger partial charge is 0.461 e. The molecule has 0 unspecified atom stereocenters. The van der Waals surface area contributed by atoms with Gasteiger partial charge in [0.25, 0.3) is 0 Å². The molecule has 0 aromatic rings. The number of amides is 1. The van der Waals surface area contributed by atoms with Gasteiger partial charge in [0.1, 0.15) is 6.61 Å². The highest BCUT2D eigenvalue weighted by molar-refractivity contribution is 5.91. The molecular formula is C13H21NO6. The number of hydrogen-bond donors (Lipinski definition) is 1. The maximum Gasteiger partial charge on any atom is 0.407 e. The van der Waals surface area contributed by atoms with E-state index in [1.54, 1.807) is 27.7 Å². The molecule has 0 fully saturated rings. The van der Waals surface area contributed by atoms with Crippen molar-refractivity contribution in [2.45, 2.75) is 39.9 Å². The average Bonchev–Trinajstić information content (AvgIpc) is 2.30. The number of esters is 2. The molecule has 7 heteroatoms. The lowest BCUT2D eigenvalue weighted by Gasteiger charge is -2.09. The van der Waals surface area contributed by atoms with E-state index in [-0.39, 0.29) is 25.4 Å². The predicted molar refractivity (Wildman–Crippen MR) is 70.9 cm³/mol. The van der Waals surface area contributed by atoms with Crippen molar-refractivity contribution in [2.75, 3.05) is 13.2 Å². The molecular weight excluding hydrogens is 266 g/mol. The minimum absolute atomic E-state index is 0.0183. The second kappa shape index (κ2) is 9.82. The van der Waals surface area contributed by atoms with Gasteiger partial charge in [-0.1, -0.05) is 0 Å². The van der Waals surface area contributed by atoms with Gasteiger partial charge in [-0.3, -0.25) is 0 Å². The van der Waals surface area contributed by atoms with Crippen LogP contribution in [0.5, 0.6) is 0 Å². The molecule has 0 heterocycles. The van der Waals surface area contributed by atoms with Crippen molar-refractivity contribution in [3.8, 4) is 0 Å². The number of nitrogens with one attached hydrogen (secondary N) is 1. The van der Waals surface area contributed by atoms with Crippen LogP contribution in [0.15, 0.2) is 12.2 Å². The van der Waals surface area contributed by atoms with Gasteiger partial charge in [-0.2, -0.15) is 0 Å². The Morgan fingerprint density at radius 3 is 2.05 bits per heavy atom. The first kappa shape index (κ1) is 17.9. The van der Waals surface area contributed by atoms with Gasteiger partial charge in [-0.15, -0.1) is 0 Å². The van der Waals surface area contributed by atoms with Gasteiger partial charge < -0.3 is 19.5 Å². The van der Waals surface area contributed by atoms with Gasteiger partial charge in [0.15, 0.2) is 0 Å². The Morgan fingerprint density at radius 1 is 0.950 bits per heavy atom. The van der Waals surface area contributed by atoms with Crippen LogP contribution in [0.3, 0.4) is 0 Å². The van der Waals surface area contributed by atoms with Crippen molar-refractivity contribution in [1.29, 1.82) is 0 Å². The molecule has 0 saturated carbocycles. The Bertz CT molecular complexity index is 362. The van der Waals surface area contributed by atoms with E-state index >= 15 is 0 Å². The summed E-state index contributed by atoms with van der Waals surface area (Å²) in [5.74, 6) is -1.31. The van der Waals surface area contributed by atoms with E-state index < -0.39 is 18.0 Å². The van der Waals surface area contributed by atoms with Crippen LogP contribution in [0, 0.1) is 0 Å². The van der Waals surface area contributed by atoms with E-state index in [1.165, 1.54) is 0 Å². The van der Waals surface area contributed by atoms with E-state index in [0.29, 0.717) is 0 Å². The molecule has 0 rings (SSSR count). The number of carbonyl (C=O) groups excluding carboxylic acids is 3. The second-order valence-corrected chi connectivity index (χ2v) is 4.37. The third kappa shape index (κ3) is 11.1. The lowest BCUT2D eigenvalue weighted by molar-refractivity contribution is -0.142. The molecule has 0 aromatic carbocycles. The van der Waals surface area contributed by atoms with Crippen molar-refractivity contribution in [3.63, 3.8) is 0 Å². The average molecular weight is 287 g/mol. The van der Waals surface area contributed by atoms with Crippen LogP contribution >= 0.6 is 0 Å². The smallest absolute Gasteiger partial charge is 0.407 e. The number of alkyl carbamates (subject to hydrolysis) is 1. The molecule has 0 aliphatic rings. The first-order valence-electron chi connectivity index (χ1n) is 6.31. The van der Waals surface area contributed by atoms with Crippen molar-refractivity contribution in [2.24, 2.45) is 0 Å². The summed E-state index contributed by atoms with van der Waals surface area (Å²) in [6.07, 6.45) is 0.916. The monoisotopic (exact) mass is 287 g/mol. The Hall–Kier alpha value is -2.05. The van der Waals surface area contributed by atoms with Crippen LogP contribution in [0.25, 0.3) is 0 Å². The number of hydrogen-bond acceptors (Lipinski definition) is 6. The fourth-order valence-electron chi connectivity index (χ4n) is 1.02. The zero-order valence-corrected chi connectivity index (χ0v) is 12.2. The number of ether oxygens (including phenoxy) is 3. The lowest BCUT2D eigenvalue weighted by Crippen LogP contribution is -2.30. The summed E-state index contributed by atoms with van der Waals surface area (Å²) in [6.45, 7) is 6.95. The minimum atomic E-state index is -0.690. The highest BCUT2D eigenvalue weighted by Crippen LogP contribution is 1.91. The summed E-state index contributed by atoms with van der Waals surface area (Å²) >= 11 is 0. The molecule has 0 saturated heterocycles. The first-order chi connectivity index (χ1) is 9.31. The van der Waals surface area contributed by atoms with Gasteiger partial charge in [0.2, 0.25) is 0 Å². The Labute approximate surface area is 118 Å². The van der Waals surface area contributed by atoms with Crippen molar-refractivity contribution >= 4 is 18.0 Å². The third-order valence-corrected chi connectivity index (χ3v) is 1.67. The molecule has 20 heavy (non-hydrogen) atoms. The van der Waals surface area contributed by atoms with Crippen LogP contribution in [-0.2, 0) is 23.8 Å². The summed E-state index contributed by atoms with van der Waals surface area (Å²) in [6, 6.07) is 0. The summed E-state index contributed by atoms with van der Waals surface area (Å²) < 4.78 is 14.3. The fraction of sp³-hybridized carbons (Fsp3) is 0.615. The summed E-state index contributed by atoms with van der Waals surface area (Å²) in [5, 5.41) is 2.41. The van der Waals surface area contributed by atoms with Crippen LogP contribution in [0.2, 0.25) is 0 Å². The van der Waals surface area contributed by atoms with Gasteiger partial charge in [-0.25, -0.2) is 14.4 Å². The standard InChI is InChI=1S/C13H21NO6/c1-9(2)19-12(16)6-5-11(15)18-8-7-14-13(17)20-10(3)4/h5-6,9-10H,7-8H2,1-4H3,(H,14,17)/b6-5+. The molecule has 1 amide bonds. The van der Waals surface area contributed by atoms with E-state index in [9.17, 15) is 14.4 Å². The first-order valence-corrected chi connectivity index (χ1v) is 6.31. The fourth-order valence-corrected chi connectivity index (χ4v) is 1.02. The molecule has 114 valence electrons. The predicted octanol–water partition coefficient (Wildman–Crippen LogP) is 1.17. The maximum atomic E-state index is 11.2. The quantitative estimate of drug-likeness (QED) is 0.327. The van der Waals surface area contributed by atoms with Crippen molar-refractivity contribution in [3.05, 3.63) is 12.2 Å². The topological polar surface area (TPSA) is 90.9 Å². The van der Waals surface area contributed by atoms with Gasteiger partial charge in [0, 0.05) is 12.2 Å². The van der Waals surface area contributed by atoms with Crippen molar-refractivity contribution in [1.82, 2.24) is 5.32 Å². The zero-order chi connectivity index (χ0) is 15.5. The van der Waals surface area contributed by atoms with Crippen molar-refractivity contribution < 1.29 is 28.6 Å². The van der Waals surface area contributed by atoms with E-state index in [2.05, 4.69) is 5.32 Å². The number of rotatable bonds is 7.